The van der Waals surface area contributed by atoms with Crippen LogP contribution in [0.1, 0.15) is 44.1 Å². The fraction of sp³-hybridized carbons (Fsp3) is 0.556. The number of ether oxygens (including phenoxy) is 1. The Balaban J connectivity index is 0.000000277. The fourth-order valence-electron chi connectivity index (χ4n) is 2.75. The number of carbonyl (C=O) groups is 2. The van der Waals surface area contributed by atoms with E-state index in [4.69, 9.17) is 0 Å². The van der Waals surface area contributed by atoms with E-state index in [0.29, 0.717) is 18.7 Å². The van der Waals surface area contributed by atoms with Crippen molar-refractivity contribution in [2.75, 3.05) is 7.11 Å². The number of benzene rings is 1. The van der Waals surface area contributed by atoms with Gasteiger partial charge in [0.1, 0.15) is 6.04 Å². The topological polar surface area (TPSA) is 55.4 Å². The Labute approximate surface area is 147 Å². The van der Waals surface area contributed by atoms with Crippen molar-refractivity contribution >= 4 is 28.3 Å². The highest BCUT2D eigenvalue weighted by Crippen LogP contribution is 2.27. The van der Waals surface area contributed by atoms with Gasteiger partial charge in [-0.2, -0.15) is 0 Å². The molecule has 4 nitrogen and oxygen atoms in total. The number of hydrogen-bond donors (Lipinski definition) is 1. The maximum Gasteiger partial charge on any atom is 0.328 e. The average Bonchev–Trinajstić information content (AvgIpc) is 2.58. The first-order chi connectivity index (χ1) is 11.1. The lowest BCUT2D eigenvalue weighted by Gasteiger charge is -2.24. The van der Waals surface area contributed by atoms with E-state index in [1.807, 2.05) is 12.1 Å². The number of methoxy groups -OCH3 is 1. The summed E-state index contributed by atoms with van der Waals surface area (Å²) in [6, 6.07) is 7.76. The fourth-order valence-corrected chi connectivity index (χ4v) is 3.01. The zero-order chi connectivity index (χ0) is 17.1. The van der Waals surface area contributed by atoms with Crippen LogP contribution in [-0.4, -0.2) is 25.5 Å². The third-order valence-corrected chi connectivity index (χ3v) is 4.59. The molecule has 0 aromatic heterocycles. The minimum absolute atomic E-state index is 0.340. The van der Waals surface area contributed by atoms with Gasteiger partial charge < -0.3 is 10.1 Å². The molecular weight excluding hydrogens is 358 g/mol. The standard InChI is InChI=1S/C11H19NO3.C7H7Br/c1-15-11(14)10(12-8-13)7-9-5-3-2-4-6-9;1-6-2-4-7(8)5-3-6/h8-10H,2-7H2,1H3,(H,12,13);2-5H,1H3/t10-;/m0./s1. The second-order valence-corrected chi connectivity index (χ2v) is 6.81. The van der Waals surface area contributed by atoms with Crippen molar-refractivity contribution in [2.24, 2.45) is 5.92 Å². The molecule has 1 fully saturated rings. The predicted molar refractivity (Wildman–Crippen MR) is 95.1 cm³/mol. The summed E-state index contributed by atoms with van der Waals surface area (Å²) in [5.41, 5.74) is 1.30. The first-order valence-electron chi connectivity index (χ1n) is 8.06. The molecule has 0 unspecified atom stereocenters. The Bertz CT molecular complexity index is 449. The first-order valence-corrected chi connectivity index (χ1v) is 8.85. The quantitative estimate of drug-likeness (QED) is 0.617. The van der Waals surface area contributed by atoms with Crippen LogP contribution >= 0.6 is 15.9 Å². The van der Waals surface area contributed by atoms with Crippen molar-refractivity contribution in [3.63, 3.8) is 0 Å². The molecule has 1 aromatic rings. The van der Waals surface area contributed by atoms with Crippen molar-refractivity contribution in [1.82, 2.24) is 5.32 Å². The average molecular weight is 384 g/mol. The largest absolute Gasteiger partial charge is 0.467 e. The molecule has 0 saturated heterocycles. The normalized spacial score (nSPS) is 15.8. The van der Waals surface area contributed by atoms with Crippen molar-refractivity contribution in [3.8, 4) is 0 Å². The molecule has 0 heterocycles. The minimum Gasteiger partial charge on any atom is -0.467 e. The summed E-state index contributed by atoms with van der Waals surface area (Å²) in [5.74, 6) is 0.211. The molecule has 1 aromatic carbocycles. The molecule has 0 bridgehead atoms. The summed E-state index contributed by atoms with van der Waals surface area (Å²) in [5, 5.41) is 2.53. The zero-order valence-corrected chi connectivity index (χ0v) is 15.5. The van der Waals surface area contributed by atoms with Gasteiger partial charge >= 0.3 is 5.97 Å². The highest BCUT2D eigenvalue weighted by molar-refractivity contribution is 9.10. The van der Waals surface area contributed by atoms with Crippen molar-refractivity contribution < 1.29 is 14.3 Å². The number of nitrogens with one attached hydrogen (secondary N) is 1. The van der Waals surface area contributed by atoms with E-state index >= 15 is 0 Å². The molecule has 0 aliphatic heterocycles. The van der Waals surface area contributed by atoms with Crippen LogP contribution in [-0.2, 0) is 14.3 Å². The highest BCUT2D eigenvalue weighted by Gasteiger charge is 2.24. The van der Waals surface area contributed by atoms with E-state index in [1.165, 1.54) is 31.9 Å². The van der Waals surface area contributed by atoms with E-state index in [9.17, 15) is 9.59 Å². The lowest BCUT2D eigenvalue weighted by molar-refractivity contribution is -0.144. The molecule has 23 heavy (non-hydrogen) atoms. The van der Waals surface area contributed by atoms with E-state index in [-0.39, 0.29) is 5.97 Å². The molecule has 1 N–H and O–H groups in total. The zero-order valence-electron chi connectivity index (χ0n) is 13.9. The van der Waals surface area contributed by atoms with Crippen LogP contribution in [0, 0.1) is 12.8 Å². The molecule has 5 heteroatoms. The van der Waals surface area contributed by atoms with Gasteiger partial charge in [0, 0.05) is 4.47 Å². The minimum atomic E-state index is -0.462. The third-order valence-electron chi connectivity index (χ3n) is 4.06. The summed E-state index contributed by atoms with van der Waals surface area (Å²) in [4.78, 5) is 21.7. The number of halogens is 1. The van der Waals surface area contributed by atoms with Crippen LogP contribution in [0.15, 0.2) is 28.7 Å². The molecular formula is C18H26BrNO3. The Hall–Kier alpha value is -1.36. The van der Waals surface area contributed by atoms with Crippen LogP contribution in [0.2, 0.25) is 0 Å². The summed E-state index contributed by atoms with van der Waals surface area (Å²) in [7, 11) is 1.35. The van der Waals surface area contributed by atoms with Crippen molar-refractivity contribution in [1.29, 1.82) is 0 Å². The third kappa shape index (κ3) is 8.16. The number of esters is 1. The first kappa shape index (κ1) is 19.7. The molecule has 0 radical (unpaired) electrons. The van der Waals surface area contributed by atoms with Gasteiger partial charge in [0.2, 0.25) is 6.41 Å². The molecule has 128 valence electrons. The van der Waals surface area contributed by atoms with Gasteiger partial charge in [-0.25, -0.2) is 4.79 Å². The maximum absolute atomic E-state index is 11.3. The Morgan fingerprint density at radius 2 is 1.91 bits per heavy atom. The molecule has 0 spiro atoms. The van der Waals surface area contributed by atoms with Crippen LogP contribution in [0.4, 0.5) is 0 Å². The summed E-state index contributed by atoms with van der Waals surface area (Å²) in [6.07, 6.45) is 7.37. The van der Waals surface area contributed by atoms with Crippen LogP contribution < -0.4 is 5.32 Å². The SMILES string of the molecule is COC(=O)[C@H](CC1CCCCC1)NC=O.Cc1ccc(Br)cc1. The second kappa shape index (κ2) is 11.2. The lowest BCUT2D eigenvalue weighted by atomic mass is 9.85. The Morgan fingerprint density at radius 1 is 1.30 bits per heavy atom. The molecule has 1 atom stereocenters. The number of aryl methyl sites for hydroxylation is 1. The maximum atomic E-state index is 11.3. The number of rotatable bonds is 5. The second-order valence-electron chi connectivity index (χ2n) is 5.90. The van der Waals surface area contributed by atoms with E-state index in [0.717, 1.165) is 17.3 Å². The smallest absolute Gasteiger partial charge is 0.328 e. The van der Waals surface area contributed by atoms with Crippen LogP contribution in [0.3, 0.4) is 0 Å². The van der Waals surface area contributed by atoms with Crippen molar-refractivity contribution in [3.05, 3.63) is 34.3 Å². The molecule has 1 saturated carbocycles. The molecule has 1 aliphatic carbocycles. The monoisotopic (exact) mass is 383 g/mol. The van der Waals surface area contributed by atoms with E-state index in [1.54, 1.807) is 0 Å². The summed E-state index contributed by atoms with van der Waals surface area (Å²) < 4.78 is 5.79. The Morgan fingerprint density at radius 3 is 2.39 bits per heavy atom. The van der Waals surface area contributed by atoms with Crippen molar-refractivity contribution in [2.45, 2.75) is 51.5 Å². The van der Waals surface area contributed by atoms with E-state index in [2.05, 4.69) is 45.0 Å². The van der Waals surface area contributed by atoms with Gasteiger partial charge in [0.15, 0.2) is 0 Å². The molecule has 1 amide bonds. The number of hydrogen-bond acceptors (Lipinski definition) is 3. The number of carbonyl (C=O) groups excluding carboxylic acids is 2. The highest BCUT2D eigenvalue weighted by atomic mass is 79.9. The van der Waals surface area contributed by atoms with Crippen LogP contribution in [0.25, 0.3) is 0 Å². The number of amides is 1. The molecule has 1 aliphatic rings. The van der Waals surface area contributed by atoms with Gasteiger partial charge in [0.25, 0.3) is 0 Å². The van der Waals surface area contributed by atoms with Gasteiger partial charge in [-0.15, -0.1) is 0 Å². The lowest BCUT2D eigenvalue weighted by Crippen LogP contribution is -2.38. The molecule has 2 rings (SSSR count). The summed E-state index contributed by atoms with van der Waals surface area (Å²) >= 11 is 3.35. The predicted octanol–water partition coefficient (Wildman–Crippen LogP) is 4.00. The summed E-state index contributed by atoms with van der Waals surface area (Å²) in [6.45, 7) is 2.08. The van der Waals surface area contributed by atoms with Crippen LogP contribution in [0.5, 0.6) is 0 Å². The van der Waals surface area contributed by atoms with Gasteiger partial charge in [-0.05, 0) is 31.4 Å². The van der Waals surface area contributed by atoms with Gasteiger partial charge in [0.05, 0.1) is 7.11 Å². The van der Waals surface area contributed by atoms with E-state index < -0.39 is 6.04 Å². The van der Waals surface area contributed by atoms with Gasteiger partial charge in [-0.3, -0.25) is 4.79 Å². The Kier molecular flexibility index (Phi) is 9.60. The van der Waals surface area contributed by atoms with Gasteiger partial charge in [-0.1, -0.05) is 65.7 Å².